The molecular weight excluding hydrogens is 124 g/mol. The largest absolute Gasteiger partial charge is 0.396 e. The van der Waals surface area contributed by atoms with Crippen molar-refractivity contribution in [2.45, 2.75) is 26.7 Å². The summed E-state index contributed by atoms with van der Waals surface area (Å²) in [6.07, 6.45) is 4.62. The second kappa shape index (κ2) is 3.20. The van der Waals surface area contributed by atoms with Gasteiger partial charge in [-0.2, -0.15) is 0 Å². The van der Waals surface area contributed by atoms with E-state index in [4.69, 9.17) is 5.11 Å². The van der Waals surface area contributed by atoms with Crippen LogP contribution in [0, 0.1) is 11.8 Å². The fraction of sp³-hybridized carbons (Fsp3) is 0.778. The van der Waals surface area contributed by atoms with Gasteiger partial charge in [-0.1, -0.05) is 18.6 Å². The zero-order chi connectivity index (χ0) is 7.56. The molecule has 0 fully saturated rings. The molecule has 1 nitrogen and oxygen atoms in total. The predicted octanol–water partition coefficient (Wildman–Crippen LogP) is 1.97. The van der Waals surface area contributed by atoms with Crippen LogP contribution in [-0.2, 0) is 0 Å². The highest BCUT2D eigenvalue weighted by Crippen LogP contribution is 2.27. The number of hydrogen-bond donors (Lipinski definition) is 1. The molecule has 0 radical (unpaired) electrons. The SMILES string of the molecule is CC1=C[C@H](C)[C@@H](CO)CC1. The number of hydrogen-bond acceptors (Lipinski definition) is 1. The molecule has 1 heteroatoms. The fourth-order valence-corrected chi connectivity index (χ4v) is 1.60. The minimum absolute atomic E-state index is 0.352. The van der Waals surface area contributed by atoms with Gasteiger partial charge in [-0.05, 0) is 31.6 Å². The van der Waals surface area contributed by atoms with Crippen LogP contribution in [-0.4, -0.2) is 11.7 Å². The number of aliphatic hydroxyl groups excluding tert-OH is 1. The van der Waals surface area contributed by atoms with Crippen molar-refractivity contribution in [2.75, 3.05) is 6.61 Å². The van der Waals surface area contributed by atoms with Crippen LogP contribution >= 0.6 is 0 Å². The maximum Gasteiger partial charge on any atom is 0.0464 e. The van der Waals surface area contributed by atoms with E-state index in [0.29, 0.717) is 18.4 Å². The standard InChI is InChI=1S/C9H16O/c1-7-3-4-9(6-10)8(2)5-7/h5,8-10H,3-4,6H2,1-2H3/t8-,9+/m0/s1. The molecule has 0 aromatic rings. The average Bonchev–Trinajstić information content (AvgIpc) is 1.88. The van der Waals surface area contributed by atoms with E-state index in [1.54, 1.807) is 0 Å². The monoisotopic (exact) mass is 140 g/mol. The van der Waals surface area contributed by atoms with Crippen LogP contribution in [0.4, 0.5) is 0 Å². The summed E-state index contributed by atoms with van der Waals surface area (Å²) in [5.41, 5.74) is 1.48. The van der Waals surface area contributed by atoms with Gasteiger partial charge in [0.25, 0.3) is 0 Å². The van der Waals surface area contributed by atoms with Crippen molar-refractivity contribution in [1.29, 1.82) is 0 Å². The number of aliphatic hydroxyl groups is 1. The molecule has 0 heterocycles. The van der Waals surface area contributed by atoms with Crippen LogP contribution in [0.5, 0.6) is 0 Å². The van der Waals surface area contributed by atoms with E-state index in [0.717, 1.165) is 0 Å². The van der Waals surface area contributed by atoms with Crippen molar-refractivity contribution >= 4 is 0 Å². The lowest BCUT2D eigenvalue weighted by Crippen LogP contribution is -2.17. The minimum atomic E-state index is 0.352. The third kappa shape index (κ3) is 1.60. The van der Waals surface area contributed by atoms with Crippen molar-refractivity contribution in [3.8, 4) is 0 Å². The zero-order valence-corrected chi connectivity index (χ0v) is 6.80. The van der Waals surface area contributed by atoms with E-state index >= 15 is 0 Å². The Morgan fingerprint density at radius 1 is 1.70 bits per heavy atom. The van der Waals surface area contributed by atoms with Crippen LogP contribution in [0.1, 0.15) is 26.7 Å². The van der Waals surface area contributed by atoms with Gasteiger partial charge in [0.1, 0.15) is 0 Å². The van der Waals surface area contributed by atoms with E-state index in [9.17, 15) is 0 Å². The number of rotatable bonds is 1. The normalized spacial score (nSPS) is 33.7. The van der Waals surface area contributed by atoms with E-state index in [1.165, 1.54) is 18.4 Å². The summed E-state index contributed by atoms with van der Waals surface area (Å²) in [6.45, 7) is 4.71. The van der Waals surface area contributed by atoms with Gasteiger partial charge < -0.3 is 5.11 Å². The molecule has 0 aromatic heterocycles. The van der Waals surface area contributed by atoms with Gasteiger partial charge in [0.2, 0.25) is 0 Å². The van der Waals surface area contributed by atoms with Gasteiger partial charge in [-0.25, -0.2) is 0 Å². The third-order valence-electron chi connectivity index (χ3n) is 2.43. The molecule has 10 heavy (non-hydrogen) atoms. The van der Waals surface area contributed by atoms with Gasteiger partial charge in [-0.3, -0.25) is 0 Å². The van der Waals surface area contributed by atoms with Crippen molar-refractivity contribution in [3.63, 3.8) is 0 Å². The molecule has 0 saturated carbocycles. The summed E-state index contributed by atoms with van der Waals surface area (Å²) >= 11 is 0. The molecule has 2 atom stereocenters. The molecule has 0 aliphatic heterocycles. The molecule has 0 aromatic carbocycles. The second-order valence-electron chi connectivity index (χ2n) is 3.35. The number of allylic oxidation sites excluding steroid dienone is 2. The van der Waals surface area contributed by atoms with Crippen molar-refractivity contribution in [2.24, 2.45) is 11.8 Å². The molecule has 0 saturated heterocycles. The minimum Gasteiger partial charge on any atom is -0.396 e. The summed E-state index contributed by atoms with van der Waals surface area (Å²) in [4.78, 5) is 0. The first-order chi connectivity index (χ1) is 4.74. The van der Waals surface area contributed by atoms with Crippen LogP contribution in [0.25, 0.3) is 0 Å². The van der Waals surface area contributed by atoms with E-state index in [-0.39, 0.29) is 0 Å². The Hall–Kier alpha value is -0.300. The Kier molecular flexibility index (Phi) is 2.50. The molecule has 1 aliphatic carbocycles. The maximum atomic E-state index is 8.92. The maximum absolute atomic E-state index is 8.92. The highest BCUT2D eigenvalue weighted by Gasteiger charge is 2.18. The zero-order valence-electron chi connectivity index (χ0n) is 6.80. The van der Waals surface area contributed by atoms with E-state index in [2.05, 4.69) is 19.9 Å². The van der Waals surface area contributed by atoms with Gasteiger partial charge >= 0.3 is 0 Å². The lowest BCUT2D eigenvalue weighted by atomic mass is 9.83. The first-order valence-corrected chi connectivity index (χ1v) is 4.02. The smallest absolute Gasteiger partial charge is 0.0464 e. The fourth-order valence-electron chi connectivity index (χ4n) is 1.60. The van der Waals surface area contributed by atoms with Gasteiger partial charge in [0.05, 0.1) is 0 Å². The summed E-state index contributed by atoms with van der Waals surface area (Å²) in [7, 11) is 0. The molecule has 58 valence electrons. The van der Waals surface area contributed by atoms with Crippen molar-refractivity contribution < 1.29 is 5.11 Å². The molecule has 0 amide bonds. The van der Waals surface area contributed by atoms with Crippen LogP contribution in [0.2, 0.25) is 0 Å². The third-order valence-corrected chi connectivity index (χ3v) is 2.43. The molecule has 1 rings (SSSR count). The van der Waals surface area contributed by atoms with Crippen molar-refractivity contribution in [1.82, 2.24) is 0 Å². The lowest BCUT2D eigenvalue weighted by Gasteiger charge is -2.24. The van der Waals surface area contributed by atoms with Gasteiger partial charge in [0.15, 0.2) is 0 Å². The molecule has 1 aliphatic rings. The quantitative estimate of drug-likeness (QED) is 0.552. The lowest BCUT2D eigenvalue weighted by molar-refractivity contribution is 0.186. The summed E-state index contributed by atoms with van der Waals surface area (Å²) in [6, 6.07) is 0. The Morgan fingerprint density at radius 2 is 2.40 bits per heavy atom. The summed E-state index contributed by atoms with van der Waals surface area (Å²) in [5, 5.41) is 8.92. The highest BCUT2D eigenvalue weighted by atomic mass is 16.3. The molecule has 0 bridgehead atoms. The molecular formula is C9H16O. The Morgan fingerprint density at radius 3 is 2.90 bits per heavy atom. The first-order valence-electron chi connectivity index (χ1n) is 4.02. The van der Waals surface area contributed by atoms with Gasteiger partial charge in [0, 0.05) is 6.61 Å². The highest BCUT2D eigenvalue weighted by molar-refractivity contribution is 5.05. The molecule has 0 spiro atoms. The van der Waals surface area contributed by atoms with E-state index in [1.807, 2.05) is 0 Å². The summed E-state index contributed by atoms with van der Waals surface area (Å²) in [5.74, 6) is 1.10. The molecule has 0 unspecified atom stereocenters. The van der Waals surface area contributed by atoms with Crippen LogP contribution < -0.4 is 0 Å². The van der Waals surface area contributed by atoms with E-state index < -0.39 is 0 Å². The average molecular weight is 140 g/mol. The Bertz CT molecular complexity index is 138. The first kappa shape index (κ1) is 7.80. The molecule has 1 N–H and O–H groups in total. The second-order valence-corrected chi connectivity index (χ2v) is 3.35. The Balaban J connectivity index is 2.55. The Labute approximate surface area is 62.8 Å². The topological polar surface area (TPSA) is 20.2 Å². The van der Waals surface area contributed by atoms with Crippen LogP contribution in [0.3, 0.4) is 0 Å². The van der Waals surface area contributed by atoms with Crippen molar-refractivity contribution in [3.05, 3.63) is 11.6 Å². The summed E-state index contributed by atoms with van der Waals surface area (Å²) < 4.78 is 0. The predicted molar refractivity (Wildman–Crippen MR) is 42.7 cm³/mol. The van der Waals surface area contributed by atoms with Gasteiger partial charge in [-0.15, -0.1) is 0 Å². The van der Waals surface area contributed by atoms with Crippen LogP contribution in [0.15, 0.2) is 11.6 Å².